The number of halogens is 1. The van der Waals surface area contributed by atoms with E-state index in [0.717, 1.165) is 0 Å². The molecule has 1 heterocycles. The number of nitrogens with zero attached hydrogens (tertiary/aromatic N) is 2. The average Bonchev–Trinajstić information content (AvgIpc) is 2.47. The Kier molecular flexibility index (Phi) is 1.89. The molecular formula is C5H7ClN2O2. The van der Waals surface area contributed by atoms with Gasteiger partial charge in [-0.3, -0.25) is 0 Å². The number of hydrogen-bond donors (Lipinski definition) is 0. The van der Waals surface area contributed by atoms with Gasteiger partial charge >= 0.3 is 5.43 Å². The van der Waals surface area contributed by atoms with Crippen molar-refractivity contribution < 1.29 is 9.53 Å². The molecular weight excluding hydrogens is 156 g/mol. The van der Waals surface area contributed by atoms with Crippen LogP contribution in [0.5, 0.6) is 0 Å². The molecule has 0 radical (unpaired) electrons. The first-order chi connectivity index (χ1) is 4.62. The lowest BCUT2D eigenvalue weighted by molar-refractivity contribution is 0.168. The zero-order chi connectivity index (χ0) is 7.61. The summed E-state index contributed by atoms with van der Waals surface area (Å²) < 4.78 is 4.46. The number of ether oxygens (including phenoxy) is 1. The molecule has 0 aromatic heterocycles. The largest absolute Gasteiger partial charge is 0.454 e. The molecule has 1 rings (SSSR count). The Hall–Kier alpha value is -0.640. The SMILES string of the molecule is CC1(CCOC(=O)Cl)N=N1. The van der Waals surface area contributed by atoms with Crippen molar-refractivity contribution in [2.45, 2.75) is 19.0 Å². The van der Waals surface area contributed by atoms with Crippen LogP contribution in [0.2, 0.25) is 0 Å². The van der Waals surface area contributed by atoms with Crippen molar-refractivity contribution in [3.8, 4) is 0 Å². The third kappa shape index (κ3) is 2.31. The van der Waals surface area contributed by atoms with Crippen LogP contribution < -0.4 is 0 Å². The van der Waals surface area contributed by atoms with Gasteiger partial charge in [-0.25, -0.2) is 4.79 Å². The molecule has 0 saturated heterocycles. The van der Waals surface area contributed by atoms with E-state index in [0.29, 0.717) is 6.42 Å². The Bertz CT molecular complexity index is 174. The van der Waals surface area contributed by atoms with Gasteiger partial charge in [-0.1, -0.05) is 0 Å². The summed E-state index contributed by atoms with van der Waals surface area (Å²) in [4.78, 5) is 10.0. The molecule has 0 aliphatic carbocycles. The zero-order valence-electron chi connectivity index (χ0n) is 5.50. The van der Waals surface area contributed by atoms with Crippen LogP contribution in [0.25, 0.3) is 0 Å². The molecule has 0 N–H and O–H groups in total. The number of rotatable bonds is 3. The highest BCUT2D eigenvalue weighted by Gasteiger charge is 2.33. The third-order valence-electron chi connectivity index (χ3n) is 1.23. The number of hydrogen-bond acceptors (Lipinski definition) is 4. The van der Waals surface area contributed by atoms with Gasteiger partial charge in [-0.2, -0.15) is 10.2 Å². The van der Waals surface area contributed by atoms with Gasteiger partial charge in [0.15, 0.2) is 5.66 Å². The molecule has 0 bridgehead atoms. The van der Waals surface area contributed by atoms with E-state index in [1.165, 1.54) is 0 Å². The first kappa shape index (κ1) is 7.47. The summed E-state index contributed by atoms with van der Waals surface area (Å²) in [5.41, 5.74) is -1.07. The Morgan fingerprint density at radius 1 is 1.70 bits per heavy atom. The molecule has 0 atom stereocenters. The molecule has 56 valence electrons. The maximum absolute atomic E-state index is 10.0. The van der Waals surface area contributed by atoms with E-state index in [1.54, 1.807) is 0 Å². The Labute approximate surface area is 63.2 Å². The topological polar surface area (TPSA) is 51.0 Å². The Morgan fingerprint density at radius 2 is 2.30 bits per heavy atom. The summed E-state index contributed by atoms with van der Waals surface area (Å²) in [7, 11) is 0. The first-order valence-electron chi connectivity index (χ1n) is 2.89. The summed E-state index contributed by atoms with van der Waals surface area (Å²) in [6.07, 6.45) is 0.617. The lowest BCUT2D eigenvalue weighted by Crippen LogP contribution is -2.09. The zero-order valence-corrected chi connectivity index (χ0v) is 6.26. The second kappa shape index (κ2) is 2.54. The third-order valence-corrected chi connectivity index (χ3v) is 1.34. The van der Waals surface area contributed by atoms with Gasteiger partial charge in [0.25, 0.3) is 0 Å². The van der Waals surface area contributed by atoms with Crippen LogP contribution in [0.1, 0.15) is 13.3 Å². The fourth-order valence-electron chi connectivity index (χ4n) is 0.510. The summed E-state index contributed by atoms with van der Waals surface area (Å²) in [5.74, 6) is 0. The summed E-state index contributed by atoms with van der Waals surface area (Å²) in [6, 6.07) is 0. The van der Waals surface area contributed by atoms with Gasteiger partial charge in [-0.15, -0.1) is 0 Å². The first-order valence-corrected chi connectivity index (χ1v) is 3.26. The molecule has 0 unspecified atom stereocenters. The highest BCUT2D eigenvalue weighted by Crippen LogP contribution is 2.30. The van der Waals surface area contributed by atoms with Crippen molar-refractivity contribution in [3.63, 3.8) is 0 Å². The van der Waals surface area contributed by atoms with E-state index in [2.05, 4.69) is 15.0 Å². The van der Waals surface area contributed by atoms with Gasteiger partial charge in [0, 0.05) is 18.0 Å². The summed E-state index contributed by atoms with van der Waals surface area (Å²) >= 11 is 4.90. The van der Waals surface area contributed by atoms with Crippen molar-refractivity contribution in [1.29, 1.82) is 0 Å². The fraction of sp³-hybridized carbons (Fsp3) is 0.800. The van der Waals surface area contributed by atoms with Gasteiger partial charge in [0.1, 0.15) is 0 Å². The standard InChI is InChI=1S/C5H7ClN2O2/c1-5(7-8-5)2-3-10-4(6)9/h2-3H2,1H3. The van der Waals surface area contributed by atoms with Crippen LogP contribution in [-0.2, 0) is 4.74 Å². The van der Waals surface area contributed by atoms with E-state index in [-0.39, 0.29) is 12.3 Å². The predicted molar refractivity (Wildman–Crippen MR) is 35.1 cm³/mol. The number of carbonyl (C=O) groups excluding carboxylic acids is 1. The second-order valence-electron chi connectivity index (χ2n) is 2.25. The normalized spacial score (nSPS) is 18.6. The predicted octanol–water partition coefficient (Wildman–Crippen LogP) is 1.93. The van der Waals surface area contributed by atoms with Crippen molar-refractivity contribution in [1.82, 2.24) is 0 Å². The molecule has 0 aromatic rings. The van der Waals surface area contributed by atoms with Gasteiger partial charge in [-0.05, 0) is 6.92 Å². The molecule has 0 spiro atoms. The van der Waals surface area contributed by atoms with E-state index in [9.17, 15) is 4.79 Å². The van der Waals surface area contributed by atoms with E-state index >= 15 is 0 Å². The highest BCUT2D eigenvalue weighted by atomic mass is 35.5. The Morgan fingerprint density at radius 3 is 2.70 bits per heavy atom. The van der Waals surface area contributed by atoms with Crippen LogP contribution >= 0.6 is 11.6 Å². The minimum Gasteiger partial charge on any atom is -0.454 e. The minimum absolute atomic E-state index is 0.284. The summed E-state index contributed by atoms with van der Waals surface area (Å²) in [6.45, 7) is 2.14. The smallest absolute Gasteiger partial charge is 0.403 e. The van der Waals surface area contributed by atoms with Crippen LogP contribution in [0.3, 0.4) is 0 Å². The monoisotopic (exact) mass is 162 g/mol. The highest BCUT2D eigenvalue weighted by molar-refractivity contribution is 6.61. The molecule has 5 heteroatoms. The van der Waals surface area contributed by atoms with Gasteiger partial charge in [0.05, 0.1) is 6.61 Å². The van der Waals surface area contributed by atoms with E-state index < -0.39 is 5.43 Å². The Balaban J connectivity index is 2.01. The maximum atomic E-state index is 10.0. The maximum Gasteiger partial charge on any atom is 0.403 e. The lowest BCUT2D eigenvalue weighted by atomic mass is 10.2. The molecule has 1 aliphatic rings. The average molecular weight is 163 g/mol. The second-order valence-corrected chi connectivity index (χ2v) is 2.56. The van der Waals surface area contributed by atoms with Crippen LogP contribution in [-0.4, -0.2) is 17.7 Å². The van der Waals surface area contributed by atoms with Crippen molar-refractivity contribution in [2.75, 3.05) is 6.61 Å². The van der Waals surface area contributed by atoms with Crippen LogP contribution in [0, 0.1) is 0 Å². The molecule has 0 amide bonds. The lowest BCUT2D eigenvalue weighted by Gasteiger charge is -2.01. The van der Waals surface area contributed by atoms with Crippen LogP contribution in [0.4, 0.5) is 4.79 Å². The van der Waals surface area contributed by atoms with Gasteiger partial charge in [0.2, 0.25) is 0 Å². The summed E-state index contributed by atoms with van der Waals surface area (Å²) in [5, 5.41) is 7.44. The van der Waals surface area contributed by atoms with E-state index in [4.69, 9.17) is 11.6 Å². The van der Waals surface area contributed by atoms with Crippen molar-refractivity contribution >= 4 is 17.0 Å². The number of carbonyl (C=O) groups is 1. The molecule has 1 aliphatic heterocycles. The van der Waals surface area contributed by atoms with E-state index in [1.807, 2.05) is 6.92 Å². The van der Waals surface area contributed by atoms with Crippen molar-refractivity contribution in [3.05, 3.63) is 0 Å². The van der Waals surface area contributed by atoms with Crippen molar-refractivity contribution in [2.24, 2.45) is 10.2 Å². The quantitative estimate of drug-likeness (QED) is 0.596. The molecule has 10 heavy (non-hydrogen) atoms. The van der Waals surface area contributed by atoms with Gasteiger partial charge < -0.3 is 4.74 Å². The minimum atomic E-state index is -0.774. The molecule has 0 aromatic carbocycles. The molecule has 0 fully saturated rings. The molecule has 0 saturated carbocycles. The van der Waals surface area contributed by atoms with Crippen LogP contribution in [0.15, 0.2) is 10.2 Å². The fourth-order valence-corrected chi connectivity index (χ4v) is 0.587. The molecule has 4 nitrogen and oxygen atoms in total.